The van der Waals surface area contributed by atoms with E-state index >= 15 is 0 Å². The molecule has 1 fully saturated rings. The molecule has 0 spiro atoms. The molecule has 1 aliphatic rings. The number of nitrogens with zero attached hydrogens (tertiary/aromatic N) is 3. The maximum absolute atomic E-state index is 12.2. The highest BCUT2D eigenvalue weighted by molar-refractivity contribution is 5.74. The molecule has 7 nitrogen and oxygen atoms in total. The number of rotatable bonds is 7. The Morgan fingerprint density at radius 2 is 1.81 bits per heavy atom. The maximum Gasteiger partial charge on any atom is 0.329 e. The van der Waals surface area contributed by atoms with E-state index in [0.29, 0.717) is 25.9 Å². The van der Waals surface area contributed by atoms with Crippen molar-refractivity contribution in [1.82, 2.24) is 14.7 Å². The first kappa shape index (κ1) is 17.7. The predicted molar refractivity (Wildman–Crippen MR) is 79.4 cm³/mol. The molecule has 0 saturated carbocycles. The highest BCUT2D eigenvalue weighted by Crippen LogP contribution is 2.15. The minimum atomic E-state index is -0.950. The predicted octanol–water partition coefficient (Wildman–Crippen LogP) is 0.556. The zero-order valence-corrected chi connectivity index (χ0v) is 13.2. The molecule has 1 rings (SSSR count). The summed E-state index contributed by atoms with van der Waals surface area (Å²) in [5.74, 6) is -0.950. The van der Waals surface area contributed by atoms with E-state index in [4.69, 9.17) is 9.84 Å². The molecule has 1 aliphatic heterocycles. The lowest BCUT2D eigenvalue weighted by atomic mass is 10.1. The third kappa shape index (κ3) is 6.77. The second kappa shape index (κ2) is 8.84. The lowest BCUT2D eigenvalue weighted by Crippen LogP contribution is -2.47. The normalized spacial score (nSPS) is 16.3. The Bertz CT molecular complexity index is 341. The second-order valence-electron chi connectivity index (χ2n) is 5.75. The van der Waals surface area contributed by atoms with Crippen molar-refractivity contribution < 1.29 is 19.4 Å². The van der Waals surface area contributed by atoms with E-state index in [1.165, 1.54) is 0 Å². The number of amides is 2. The van der Waals surface area contributed by atoms with Crippen LogP contribution in [0.1, 0.15) is 19.3 Å². The topological polar surface area (TPSA) is 73.3 Å². The minimum Gasteiger partial charge on any atom is -0.480 e. The van der Waals surface area contributed by atoms with Gasteiger partial charge in [0.25, 0.3) is 0 Å². The van der Waals surface area contributed by atoms with Crippen LogP contribution in [0.5, 0.6) is 0 Å². The number of piperidine rings is 1. The molecule has 2 amide bonds. The third-order valence-electron chi connectivity index (χ3n) is 3.58. The van der Waals surface area contributed by atoms with Gasteiger partial charge in [-0.05, 0) is 39.9 Å². The molecule has 1 saturated heterocycles. The molecule has 1 N–H and O–H groups in total. The molecule has 122 valence electrons. The van der Waals surface area contributed by atoms with Crippen molar-refractivity contribution >= 4 is 12.0 Å². The van der Waals surface area contributed by atoms with Gasteiger partial charge in [0.15, 0.2) is 0 Å². The van der Waals surface area contributed by atoms with Gasteiger partial charge in [-0.15, -0.1) is 0 Å². The van der Waals surface area contributed by atoms with Gasteiger partial charge < -0.3 is 24.5 Å². The first-order valence-electron chi connectivity index (χ1n) is 7.38. The van der Waals surface area contributed by atoms with Crippen LogP contribution in [0, 0.1) is 0 Å². The van der Waals surface area contributed by atoms with Crippen molar-refractivity contribution in [1.29, 1.82) is 0 Å². The standard InChI is InChI=1S/C14H27N3O4/c1-15(2)7-4-8-16(3)14(20)17-9-5-12(6-10-17)21-11-13(18)19/h12H,4-11H2,1-3H3,(H,18,19). The summed E-state index contributed by atoms with van der Waals surface area (Å²) >= 11 is 0. The molecule has 0 aliphatic carbocycles. The Hall–Kier alpha value is -1.34. The van der Waals surface area contributed by atoms with E-state index in [0.717, 1.165) is 19.5 Å². The number of carboxylic acid groups (broad SMARTS) is 1. The molecule has 0 unspecified atom stereocenters. The molecular weight excluding hydrogens is 274 g/mol. The smallest absolute Gasteiger partial charge is 0.329 e. The number of carboxylic acids is 1. The van der Waals surface area contributed by atoms with Crippen LogP contribution in [0.25, 0.3) is 0 Å². The first-order valence-corrected chi connectivity index (χ1v) is 7.38. The Kier molecular flexibility index (Phi) is 7.45. The Morgan fingerprint density at radius 3 is 2.33 bits per heavy atom. The van der Waals surface area contributed by atoms with Gasteiger partial charge in [0.05, 0.1) is 6.10 Å². The Balaban J connectivity index is 2.26. The number of urea groups is 1. The fourth-order valence-electron chi connectivity index (χ4n) is 2.36. The van der Waals surface area contributed by atoms with Crippen molar-refractivity contribution in [3.8, 4) is 0 Å². The van der Waals surface area contributed by atoms with E-state index in [9.17, 15) is 9.59 Å². The summed E-state index contributed by atoms with van der Waals surface area (Å²) in [5.41, 5.74) is 0. The number of likely N-dealkylation sites (tertiary alicyclic amines) is 1. The maximum atomic E-state index is 12.2. The SMILES string of the molecule is CN(C)CCCN(C)C(=O)N1CCC(OCC(=O)O)CC1. The average Bonchev–Trinajstić information content (AvgIpc) is 2.44. The second-order valence-corrected chi connectivity index (χ2v) is 5.75. The Morgan fingerprint density at radius 1 is 1.19 bits per heavy atom. The number of carbonyl (C=O) groups excluding carboxylic acids is 1. The van der Waals surface area contributed by atoms with Crippen LogP contribution in [0.15, 0.2) is 0 Å². The lowest BCUT2D eigenvalue weighted by molar-refractivity contribution is -0.145. The van der Waals surface area contributed by atoms with Crippen molar-refractivity contribution in [2.45, 2.75) is 25.4 Å². The van der Waals surface area contributed by atoms with Gasteiger partial charge in [0.2, 0.25) is 0 Å². The fraction of sp³-hybridized carbons (Fsp3) is 0.857. The minimum absolute atomic E-state index is 0.0467. The van der Waals surface area contributed by atoms with Gasteiger partial charge in [-0.25, -0.2) is 9.59 Å². The van der Waals surface area contributed by atoms with Gasteiger partial charge in [-0.2, -0.15) is 0 Å². The summed E-state index contributed by atoms with van der Waals surface area (Å²) in [6.07, 6.45) is 2.30. The summed E-state index contributed by atoms with van der Waals surface area (Å²) in [5, 5.41) is 8.58. The Labute approximate surface area is 126 Å². The van der Waals surface area contributed by atoms with Crippen molar-refractivity contribution in [2.24, 2.45) is 0 Å². The summed E-state index contributed by atoms with van der Waals surface area (Å²) in [6, 6.07) is 0.0467. The highest BCUT2D eigenvalue weighted by atomic mass is 16.5. The van der Waals surface area contributed by atoms with Gasteiger partial charge in [-0.1, -0.05) is 0 Å². The lowest BCUT2D eigenvalue weighted by Gasteiger charge is -2.34. The molecule has 0 aromatic rings. The van der Waals surface area contributed by atoms with Crippen LogP contribution in [-0.2, 0) is 9.53 Å². The largest absolute Gasteiger partial charge is 0.480 e. The zero-order valence-electron chi connectivity index (χ0n) is 13.2. The van der Waals surface area contributed by atoms with Gasteiger partial charge in [-0.3, -0.25) is 0 Å². The van der Waals surface area contributed by atoms with E-state index in [1.54, 1.807) is 4.90 Å². The van der Waals surface area contributed by atoms with Crippen LogP contribution in [-0.4, -0.2) is 91.8 Å². The van der Waals surface area contributed by atoms with Crippen LogP contribution < -0.4 is 0 Å². The fourth-order valence-corrected chi connectivity index (χ4v) is 2.36. The monoisotopic (exact) mass is 301 g/mol. The molecule has 0 aromatic carbocycles. The van der Waals surface area contributed by atoms with E-state index in [-0.39, 0.29) is 18.7 Å². The quantitative estimate of drug-likeness (QED) is 0.743. The third-order valence-corrected chi connectivity index (χ3v) is 3.58. The number of hydrogen-bond donors (Lipinski definition) is 1. The molecule has 0 bridgehead atoms. The summed E-state index contributed by atoms with van der Waals surface area (Å²) in [4.78, 5) is 28.4. The van der Waals surface area contributed by atoms with Crippen molar-refractivity contribution in [3.05, 3.63) is 0 Å². The van der Waals surface area contributed by atoms with Crippen molar-refractivity contribution in [2.75, 3.05) is 53.9 Å². The molecule has 0 radical (unpaired) electrons. The molecule has 21 heavy (non-hydrogen) atoms. The molecule has 1 heterocycles. The summed E-state index contributed by atoms with van der Waals surface area (Å²) in [7, 11) is 5.86. The van der Waals surface area contributed by atoms with Crippen LogP contribution >= 0.6 is 0 Å². The molecular formula is C14H27N3O4. The van der Waals surface area contributed by atoms with Crippen molar-refractivity contribution in [3.63, 3.8) is 0 Å². The zero-order chi connectivity index (χ0) is 15.8. The average molecular weight is 301 g/mol. The number of carbonyl (C=O) groups is 2. The van der Waals surface area contributed by atoms with Gasteiger partial charge >= 0.3 is 12.0 Å². The number of ether oxygens (including phenoxy) is 1. The van der Waals surface area contributed by atoms with Crippen LogP contribution in [0.4, 0.5) is 4.79 Å². The number of aliphatic carboxylic acids is 1. The summed E-state index contributed by atoms with van der Waals surface area (Å²) in [6.45, 7) is 2.69. The molecule has 0 atom stereocenters. The van der Waals surface area contributed by atoms with Crippen LogP contribution in [0.3, 0.4) is 0 Å². The van der Waals surface area contributed by atoms with E-state index < -0.39 is 5.97 Å². The van der Waals surface area contributed by atoms with Gasteiger partial charge in [0, 0.05) is 26.7 Å². The van der Waals surface area contributed by atoms with E-state index in [2.05, 4.69) is 4.90 Å². The summed E-state index contributed by atoms with van der Waals surface area (Å²) < 4.78 is 5.27. The van der Waals surface area contributed by atoms with Crippen LogP contribution in [0.2, 0.25) is 0 Å². The molecule has 0 aromatic heterocycles. The highest BCUT2D eigenvalue weighted by Gasteiger charge is 2.25. The van der Waals surface area contributed by atoms with Gasteiger partial charge in [0.1, 0.15) is 6.61 Å². The van der Waals surface area contributed by atoms with E-state index in [1.807, 2.05) is 26.0 Å². The molecule has 7 heteroatoms. The number of hydrogen-bond acceptors (Lipinski definition) is 4. The first-order chi connectivity index (χ1) is 9.90.